The largest absolute Gasteiger partial charge is 0.325 e. The van der Waals surface area contributed by atoms with Crippen molar-refractivity contribution in [2.45, 2.75) is 17.3 Å². The van der Waals surface area contributed by atoms with Gasteiger partial charge in [0.25, 0.3) is 0 Å². The zero-order valence-electron chi connectivity index (χ0n) is 15.5. The number of pyridine rings is 1. The van der Waals surface area contributed by atoms with Crippen LogP contribution >= 0.6 is 11.8 Å². The number of hydrogen-bond donors (Lipinski definition) is 1. The summed E-state index contributed by atoms with van der Waals surface area (Å²) in [6.07, 6.45) is 3.44. The van der Waals surface area contributed by atoms with Crippen LogP contribution in [-0.2, 0) is 11.8 Å². The van der Waals surface area contributed by atoms with Gasteiger partial charge in [-0.25, -0.2) is 0 Å². The fraction of sp³-hybridized carbons (Fsp3) is 0.143. The standard InChI is InChI=1S/C21H19N5OS/c1-14(20(27)23-18-9-5-7-15-6-3-4-8-17(15)18)28-21-25-24-19(26(21)2)16-10-12-22-13-11-16/h3-14H,1-2H3,(H,23,27). The Labute approximate surface area is 167 Å². The van der Waals surface area contributed by atoms with Gasteiger partial charge in [-0.15, -0.1) is 10.2 Å². The lowest BCUT2D eigenvalue weighted by Crippen LogP contribution is -2.23. The van der Waals surface area contributed by atoms with Gasteiger partial charge in [0.1, 0.15) is 0 Å². The summed E-state index contributed by atoms with van der Waals surface area (Å²) in [5.41, 5.74) is 1.75. The fourth-order valence-corrected chi connectivity index (χ4v) is 3.77. The molecule has 7 heteroatoms. The second-order valence-electron chi connectivity index (χ2n) is 6.38. The first kappa shape index (κ1) is 18.2. The van der Waals surface area contributed by atoms with E-state index in [9.17, 15) is 4.79 Å². The van der Waals surface area contributed by atoms with E-state index in [2.05, 4.69) is 20.5 Å². The number of fused-ring (bicyclic) bond motifs is 1. The number of hydrogen-bond acceptors (Lipinski definition) is 5. The third-order valence-corrected chi connectivity index (χ3v) is 5.61. The van der Waals surface area contributed by atoms with Crippen LogP contribution in [0.3, 0.4) is 0 Å². The highest BCUT2D eigenvalue weighted by Gasteiger charge is 2.20. The average Bonchev–Trinajstić information content (AvgIpc) is 3.09. The van der Waals surface area contributed by atoms with Gasteiger partial charge in [0.2, 0.25) is 5.91 Å². The van der Waals surface area contributed by atoms with Crippen molar-refractivity contribution in [3.8, 4) is 11.4 Å². The molecule has 28 heavy (non-hydrogen) atoms. The van der Waals surface area contributed by atoms with Gasteiger partial charge in [-0.05, 0) is 30.5 Å². The van der Waals surface area contributed by atoms with Crippen LogP contribution in [0.25, 0.3) is 22.2 Å². The molecule has 0 spiro atoms. The van der Waals surface area contributed by atoms with Crippen molar-refractivity contribution in [2.75, 3.05) is 5.32 Å². The Morgan fingerprint density at radius 2 is 1.79 bits per heavy atom. The lowest BCUT2D eigenvalue weighted by Gasteiger charge is -2.13. The highest BCUT2D eigenvalue weighted by atomic mass is 32.2. The molecule has 0 saturated carbocycles. The quantitative estimate of drug-likeness (QED) is 0.519. The Kier molecular flexibility index (Phi) is 5.08. The third kappa shape index (κ3) is 3.61. The van der Waals surface area contributed by atoms with E-state index in [1.807, 2.05) is 73.1 Å². The van der Waals surface area contributed by atoms with E-state index in [1.54, 1.807) is 12.4 Å². The van der Waals surface area contributed by atoms with Crippen molar-refractivity contribution >= 4 is 34.1 Å². The summed E-state index contributed by atoms with van der Waals surface area (Å²) in [6.45, 7) is 1.87. The zero-order valence-corrected chi connectivity index (χ0v) is 16.4. The minimum absolute atomic E-state index is 0.0742. The highest BCUT2D eigenvalue weighted by Crippen LogP contribution is 2.27. The molecule has 6 nitrogen and oxygen atoms in total. The van der Waals surface area contributed by atoms with Crippen molar-refractivity contribution in [1.29, 1.82) is 0 Å². The average molecular weight is 389 g/mol. The van der Waals surface area contributed by atoms with Crippen LogP contribution in [0.4, 0.5) is 5.69 Å². The van der Waals surface area contributed by atoms with Crippen molar-refractivity contribution in [3.05, 3.63) is 67.0 Å². The second kappa shape index (κ2) is 7.82. The first-order valence-corrected chi connectivity index (χ1v) is 9.76. The smallest absolute Gasteiger partial charge is 0.237 e. The maximum absolute atomic E-state index is 12.8. The van der Waals surface area contributed by atoms with Gasteiger partial charge < -0.3 is 9.88 Å². The summed E-state index contributed by atoms with van der Waals surface area (Å²) in [4.78, 5) is 16.8. The van der Waals surface area contributed by atoms with Crippen LogP contribution in [0.1, 0.15) is 6.92 Å². The molecule has 1 unspecified atom stereocenters. The normalized spacial score (nSPS) is 12.1. The van der Waals surface area contributed by atoms with Crippen LogP contribution in [0, 0.1) is 0 Å². The number of nitrogens with zero attached hydrogens (tertiary/aromatic N) is 4. The van der Waals surface area contributed by atoms with Gasteiger partial charge in [0.05, 0.1) is 5.25 Å². The minimum Gasteiger partial charge on any atom is -0.325 e. The number of amides is 1. The molecule has 140 valence electrons. The first-order valence-electron chi connectivity index (χ1n) is 8.88. The van der Waals surface area contributed by atoms with Gasteiger partial charge in [-0.1, -0.05) is 48.2 Å². The molecule has 0 aliphatic heterocycles. The Hall–Kier alpha value is -3.19. The maximum Gasteiger partial charge on any atom is 0.237 e. The van der Waals surface area contributed by atoms with Gasteiger partial charge in [-0.3, -0.25) is 9.78 Å². The highest BCUT2D eigenvalue weighted by molar-refractivity contribution is 8.00. The first-order chi connectivity index (χ1) is 13.6. The van der Waals surface area contributed by atoms with Gasteiger partial charge in [0.15, 0.2) is 11.0 Å². The molecule has 0 radical (unpaired) electrons. The Balaban J connectivity index is 1.50. The third-order valence-electron chi connectivity index (χ3n) is 4.47. The van der Waals surface area contributed by atoms with Crippen molar-refractivity contribution in [2.24, 2.45) is 7.05 Å². The second-order valence-corrected chi connectivity index (χ2v) is 7.69. The molecule has 4 aromatic rings. The van der Waals surface area contributed by atoms with E-state index >= 15 is 0 Å². The molecule has 1 atom stereocenters. The lowest BCUT2D eigenvalue weighted by molar-refractivity contribution is -0.115. The molecule has 2 aromatic heterocycles. The Morgan fingerprint density at radius 3 is 2.61 bits per heavy atom. The molecule has 0 saturated heterocycles. The number of aromatic nitrogens is 4. The summed E-state index contributed by atoms with van der Waals surface area (Å²) < 4.78 is 1.89. The molecule has 0 aliphatic carbocycles. The molecule has 0 aliphatic rings. The number of nitrogens with one attached hydrogen (secondary N) is 1. The number of carbonyl (C=O) groups is 1. The Morgan fingerprint density at radius 1 is 1.04 bits per heavy atom. The molecule has 2 aromatic carbocycles. The van der Waals surface area contributed by atoms with Gasteiger partial charge in [-0.2, -0.15) is 0 Å². The fourth-order valence-electron chi connectivity index (χ4n) is 2.95. The molecular formula is C21H19N5OS. The number of benzene rings is 2. The van der Waals surface area contributed by atoms with Gasteiger partial charge in [0, 0.05) is 36.1 Å². The summed E-state index contributed by atoms with van der Waals surface area (Å²) in [5.74, 6) is 0.668. The van der Waals surface area contributed by atoms with Crippen LogP contribution in [0.15, 0.2) is 72.1 Å². The monoisotopic (exact) mass is 389 g/mol. The van der Waals surface area contributed by atoms with E-state index in [0.717, 1.165) is 27.8 Å². The summed E-state index contributed by atoms with van der Waals surface area (Å²) in [6, 6.07) is 17.7. The van der Waals surface area contributed by atoms with E-state index < -0.39 is 0 Å². The summed E-state index contributed by atoms with van der Waals surface area (Å²) >= 11 is 1.38. The molecule has 0 fully saturated rings. The molecule has 4 rings (SSSR count). The van der Waals surface area contributed by atoms with Crippen molar-refractivity contribution in [1.82, 2.24) is 19.7 Å². The zero-order chi connectivity index (χ0) is 19.5. The van der Waals surface area contributed by atoms with Gasteiger partial charge >= 0.3 is 0 Å². The molecule has 1 amide bonds. The minimum atomic E-state index is -0.327. The van der Waals surface area contributed by atoms with E-state index in [0.29, 0.717) is 5.16 Å². The number of thioether (sulfide) groups is 1. The number of rotatable bonds is 5. The number of anilines is 1. The maximum atomic E-state index is 12.8. The lowest BCUT2D eigenvalue weighted by atomic mass is 10.1. The van der Waals surface area contributed by atoms with Crippen molar-refractivity contribution < 1.29 is 4.79 Å². The van der Waals surface area contributed by atoms with E-state index in [-0.39, 0.29) is 11.2 Å². The molecule has 2 heterocycles. The Bertz CT molecular complexity index is 1120. The van der Waals surface area contributed by atoms with Crippen LogP contribution < -0.4 is 5.32 Å². The molecule has 0 bridgehead atoms. The predicted octanol–water partition coefficient (Wildman–Crippen LogP) is 4.15. The number of carbonyl (C=O) groups excluding carboxylic acids is 1. The summed E-state index contributed by atoms with van der Waals surface area (Å²) in [5, 5.41) is 14.0. The molecule has 1 N–H and O–H groups in total. The van der Waals surface area contributed by atoms with E-state index in [1.165, 1.54) is 11.8 Å². The topological polar surface area (TPSA) is 72.7 Å². The van der Waals surface area contributed by atoms with E-state index in [4.69, 9.17) is 0 Å². The van der Waals surface area contributed by atoms with Crippen LogP contribution in [0.5, 0.6) is 0 Å². The van der Waals surface area contributed by atoms with Crippen LogP contribution in [0.2, 0.25) is 0 Å². The van der Waals surface area contributed by atoms with Crippen molar-refractivity contribution in [3.63, 3.8) is 0 Å². The predicted molar refractivity (Wildman–Crippen MR) is 112 cm³/mol. The molecular weight excluding hydrogens is 370 g/mol. The SMILES string of the molecule is CC(Sc1nnc(-c2ccncc2)n1C)C(=O)Nc1cccc2ccccc12. The van der Waals surface area contributed by atoms with Crippen LogP contribution in [-0.4, -0.2) is 30.9 Å². The summed E-state index contributed by atoms with van der Waals surface area (Å²) in [7, 11) is 1.90.